The maximum atomic E-state index is 11.7. The van der Waals surface area contributed by atoms with Gasteiger partial charge in [0.25, 0.3) is 0 Å². The molecule has 19 heavy (non-hydrogen) atoms. The lowest BCUT2D eigenvalue weighted by atomic mass is 10.1. The monoisotopic (exact) mass is 269 g/mol. The van der Waals surface area contributed by atoms with E-state index in [1.54, 1.807) is 13.8 Å². The first-order chi connectivity index (χ1) is 8.91. The molecule has 1 rings (SSSR count). The summed E-state index contributed by atoms with van der Waals surface area (Å²) in [5.41, 5.74) is 1.57. The first-order valence-corrected chi connectivity index (χ1v) is 6.61. The molecule has 0 amide bonds. The van der Waals surface area contributed by atoms with Crippen LogP contribution in [0.4, 0.5) is 0 Å². The van der Waals surface area contributed by atoms with Crippen molar-refractivity contribution in [3.8, 4) is 0 Å². The summed E-state index contributed by atoms with van der Waals surface area (Å²) in [7, 11) is 0. The minimum absolute atomic E-state index is 0.178. The highest BCUT2D eigenvalue weighted by Gasteiger charge is 2.17. The SMILES string of the molecule is Cc1noc(C)c1COC(=O)C(C)OCCC(C)C. The largest absolute Gasteiger partial charge is 0.459 e. The Bertz CT molecular complexity index is 392. The van der Waals surface area contributed by atoms with Crippen LogP contribution in [0.25, 0.3) is 0 Å². The van der Waals surface area contributed by atoms with Gasteiger partial charge in [-0.25, -0.2) is 4.79 Å². The molecule has 1 aromatic heterocycles. The van der Waals surface area contributed by atoms with Crippen molar-refractivity contribution in [1.29, 1.82) is 0 Å². The van der Waals surface area contributed by atoms with Gasteiger partial charge in [0, 0.05) is 6.61 Å². The number of carbonyl (C=O) groups excluding carboxylic acids is 1. The highest BCUT2D eigenvalue weighted by molar-refractivity contribution is 5.74. The van der Waals surface area contributed by atoms with Gasteiger partial charge in [0.05, 0.1) is 11.3 Å². The Morgan fingerprint density at radius 2 is 2.00 bits per heavy atom. The smallest absolute Gasteiger partial charge is 0.335 e. The predicted molar refractivity (Wildman–Crippen MR) is 70.6 cm³/mol. The molecule has 0 spiro atoms. The topological polar surface area (TPSA) is 61.6 Å². The van der Waals surface area contributed by atoms with E-state index in [1.807, 2.05) is 6.92 Å². The lowest BCUT2D eigenvalue weighted by Crippen LogP contribution is -2.24. The van der Waals surface area contributed by atoms with Gasteiger partial charge in [-0.15, -0.1) is 0 Å². The predicted octanol–water partition coefficient (Wildman–Crippen LogP) is 2.79. The molecule has 0 N–H and O–H groups in total. The summed E-state index contributed by atoms with van der Waals surface area (Å²) in [4.78, 5) is 11.7. The quantitative estimate of drug-likeness (QED) is 0.712. The van der Waals surface area contributed by atoms with Crippen molar-refractivity contribution in [1.82, 2.24) is 5.16 Å². The van der Waals surface area contributed by atoms with E-state index >= 15 is 0 Å². The lowest BCUT2D eigenvalue weighted by molar-refractivity contribution is -0.157. The van der Waals surface area contributed by atoms with Gasteiger partial charge in [0.15, 0.2) is 6.10 Å². The minimum atomic E-state index is -0.542. The number of aryl methyl sites for hydroxylation is 2. The Morgan fingerprint density at radius 3 is 2.53 bits per heavy atom. The summed E-state index contributed by atoms with van der Waals surface area (Å²) in [6, 6.07) is 0. The molecule has 0 aromatic carbocycles. The van der Waals surface area contributed by atoms with Gasteiger partial charge in [0.1, 0.15) is 12.4 Å². The molecule has 0 saturated heterocycles. The summed E-state index contributed by atoms with van der Waals surface area (Å²) in [5, 5.41) is 3.81. The number of hydrogen-bond donors (Lipinski definition) is 0. The van der Waals surface area contributed by atoms with Crippen molar-refractivity contribution in [2.75, 3.05) is 6.61 Å². The third-order valence-corrected chi connectivity index (χ3v) is 2.93. The van der Waals surface area contributed by atoms with Crippen molar-refractivity contribution in [3.05, 3.63) is 17.0 Å². The van der Waals surface area contributed by atoms with Crippen LogP contribution in [0.3, 0.4) is 0 Å². The molecule has 0 aliphatic carbocycles. The van der Waals surface area contributed by atoms with Crippen LogP contribution in [0, 0.1) is 19.8 Å². The molecule has 0 fully saturated rings. The van der Waals surface area contributed by atoms with Crippen LogP contribution in [0.2, 0.25) is 0 Å². The molecule has 0 bridgehead atoms. The van der Waals surface area contributed by atoms with Crippen LogP contribution in [-0.2, 0) is 20.9 Å². The van der Waals surface area contributed by atoms with E-state index in [-0.39, 0.29) is 12.6 Å². The Morgan fingerprint density at radius 1 is 1.32 bits per heavy atom. The highest BCUT2D eigenvalue weighted by Crippen LogP contribution is 2.14. The zero-order chi connectivity index (χ0) is 14.4. The van der Waals surface area contributed by atoms with Crippen LogP contribution in [0.1, 0.15) is 44.2 Å². The first-order valence-electron chi connectivity index (χ1n) is 6.61. The molecule has 0 aliphatic heterocycles. The molecule has 1 aromatic rings. The van der Waals surface area contributed by atoms with Gasteiger partial charge in [-0.2, -0.15) is 0 Å². The fraction of sp³-hybridized carbons (Fsp3) is 0.714. The molecule has 1 unspecified atom stereocenters. The van der Waals surface area contributed by atoms with Crippen LogP contribution < -0.4 is 0 Å². The third-order valence-electron chi connectivity index (χ3n) is 2.93. The average molecular weight is 269 g/mol. The zero-order valence-electron chi connectivity index (χ0n) is 12.4. The second kappa shape index (κ2) is 7.28. The summed E-state index contributed by atoms with van der Waals surface area (Å²) < 4.78 is 15.6. The highest BCUT2D eigenvalue weighted by atomic mass is 16.6. The average Bonchev–Trinajstić information content (AvgIpc) is 2.65. The molecule has 5 nitrogen and oxygen atoms in total. The maximum Gasteiger partial charge on any atom is 0.335 e. The van der Waals surface area contributed by atoms with E-state index < -0.39 is 6.10 Å². The summed E-state index contributed by atoms with van der Waals surface area (Å²) in [6.07, 6.45) is 0.390. The number of carbonyl (C=O) groups is 1. The van der Waals surface area contributed by atoms with Gasteiger partial charge in [-0.1, -0.05) is 19.0 Å². The molecule has 0 saturated carbocycles. The number of aromatic nitrogens is 1. The first kappa shape index (κ1) is 15.7. The van der Waals surface area contributed by atoms with Gasteiger partial charge in [0.2, 0.25) is 0 Å². The van der Waals surface area contributed by atoms with E-state index in [0.29, 0.717) is 18.3 Å². The van der Waals surface area contributed by atoms with Crippen LogP contribution in [0.5, 0.6) is 0 Å². The van der Waals surface area contributed by atoms with E-state index in [2.05, 4.69) is 19.0 Å². The fourth-order valence-electron chi connectivity index (χ4n) is 1.52. The molecule has 1 heterocycles. The van der Waals surface area contributed by atoms with Gasteiger partial charge >= 0.3 is 5.97 Å². The lowest BCUT2D eigenvalue weighted by Gasteiger charge is -2.13. The number of esters is 1. The Hall–Kier alpha value is -1.36. The third kappa shape index (κ3) is 5.03. The molecule has 5 heteroatoms. The second-order valence-electron chi connectivity index (χ2n) is 5.11. The summed E-state index contributed by atoms with van der Waals surface area (Å²) in [6.45, 7) is 10.3. The van der Waals surface area contributed by atoms with Gasteiger partial charge in [-0.05, 0) is 33.1 Å². The molecular formula is C14H23NO4. The standard InChI is InChI=1S/C14H23NO4/c1-9(2)6-7-17-12(5)14(16)18-8-13-10(3)15-19-11(13)4/h9,12H,6-8H2,1-5H3. The normalized spacial score (nSPS) is 12.7. The second-order valence-corrected chi connectivity index (χ2v) is 5.11. The number of nitrogens with zero attached hydrogens (tertiary/aromatic N) is 1. The number of hydrogen-bond acceptors (Lipinski definition) is 5. The Kier molecular flexibility index (Phi) is 6.02. The van der Waals surface area contributed by atoms with E-state index in [4.69, 9.17) is 14.0 Å². The van der Waals surface area contributed by atoms with Crippen molar-refractivity contribution in [3.63, 3.8) is 0 Å². The van der Waals surface area contributed by atoms with E-state index in [9.17, 15) is 4.79 Å². The van der Waals surface area contributed by atoms with Crippen LogP contribution in [-0.4, -0.2) is 23.8 Å². The minimum Gasteiger partial charge on any atom is -0.459 e. The van der Waals surface area contributed by atoms with Crippen LogP contribution in [0.15, 0.2) is 4.52 Å². The van der Waals surface area contributed by atoms with Gasteiger partial charge in [-0.3, -0.25) is 0 Å². The molecule has 108 valence electrons. The van der Waals surface area contributed by atoms with Crippen molar-refractivity contribution in [2.45, 2.75) is 53.8 Å². The Balaban J connectivity index is 2.34. The number of ether oxygens (including phenoxy) is 2. The number of rotatable bonds is 7. The zero-order valence-corrected chi connectivity index (χ0v) is 12.4. The summed E-state index contributed by atoms with van der Waals surface area (Å²) >= 11 is 0. The Labute approximate surface area is 114 Å². The van der Waals surface area contributed by atoms with Crippen molar-refractivity contribution in [2.24, 2.45) is 5.92 Å². The molecular weight excluding hydrogens is 246 g/mol. The molecule has 1 atom stereocenters. The van der Waals surface area contributed by atoms with Crippen LogP contribution >= 0.6 is 0 Å². The molecule has 0 radical (unpaired) electrons. The van der Waals surface area contributed by atoms with Crippen molar-refractivity contribution < 1.29 is 18.8 Å². The van der Waals surface area contributed by atoms with E-state index in [0.717, 1.165) is 17.7 Å². The maximum absolute atomic E-state index is 11.7. The van der Waals surface area contributed by atoms with Gasteiger partial charge < -0.3 is 14.0 Å². The summed E-state index contributed by atoms with van der Waals surface area (Å²) in [5.74, 6) is 0.882. The van der Waals surface area contributed by atoms with E-state index in [1.165, 1.54) is 0 Å². The van der Waals surface area contributed by atoms with Crippen molar-refractivity contribution >= 4 is 5.97 Å². The fourth-order valence-corrected chi connectivity index (χ4v) is 1.52. The molecule has 0 aliphatic rings.